The van der Waals surface area contributed by atoms with Crippen molar-refractivity contribution in [1.82, 2.24) is 0 Å². The minimum Gasteiger partial charge on any atom is -0.488 e. The SMILES string of the molecule is O=C1CC(Oc2ccccc2Br)C1. The van der Waals surface area contributed by atoms with Gasteiger partial charge in [-0.25, -0.2) is 0 Å². The molecule has 1 aromatic carbocycles. The van der Waals surface area contributed by atoms with E-state index in [4.69, 9.17) is 4.74 Å². The number of rotatable bonds is 2. The van der Waals surface area contributed by atoms with Crippen molar-refractivity contribution in [2.24, 2.45) is 0 Å². The Morgan fingerprint density at radius 3 is 2.62 bits per heavy atom. The predicted octanol–water partition coefficient (Wildman–Crippen LogP) is 2.56. The predicted molar refractivity (Wildman–Crippen MR) is 52.8 cm³/mol. The topological polar surface area (TPSA) is 26.3 Å². The number of carbonyl (C=O) groups is 1. The maximum absolute atomic E-state index is 10.7. The minimum atomic E-state index is 0.0891. The summed E-state index contributed by atoms with van der Waals surface area (Å²) in [6.07, 6.45) is 1.20. The van der Waals surface area contributed by atoms with Crippen LogP contribution in [0.15, 0.2) is 28.7 Å². The second-order valence-electron chi connectivity index (χ2n) is 3.12. The van der Waals surface area contributed by atoms with E-state index < -0.39 is 0 Å². The van der Waals surface area contributed by atoms with Gasteiger partial charge < -0.3 is 4.74 Å². The Morgan fingerprint density at radius 1 is 1.31 bits per heavy atom. The van der Waals surface area contributed by atoms with Crippen LogP contribution in [-0.4, -0.2) is 11.9 Å². The number of carbonyl (C=O) groups excluding carboxylic acids is 1. The maximum Gasteiger partial charge on any atom is 0.140 e. The Labute approximate surface area is 85.0 Å². The number of ether oxygens (including phenoxy) is 1. The van der Waals surface area contributed by atoms with Crippen molar-refractivity contribution in [1.29, 1.82) is 0 Å². The summed E-state index contributed by atoms with van der Waals surface area (Å²) < 4.78 is 6.52. The van der Waals surface area contributed by atoms with Crippen LogP contribution in [0, 0.1) is 0 Å². The molecule has 0 spiro atoms. The van der Waals surface area contributed by atoms with E-state index in [9.17, 15) is 4.79 Å². The number of hydrogen-bond acceptors (Lipinski definition) is 2. The van der Waals surface area contributed by atoms with E-state index in [1.54, 1.807) is 0 Å². The van der Waals surface area contributed by atoms with Crippen LogP contribution in [0.1, 0.15) is 12.8 Å². The molecule has 1 aromatic rings. The number of halogens is 1. The molecule has 0 aliphatic heterocycles. The van der Waals surface area contributed by atoms with Gasteiger partial charge in [-0.15, -0.1) is 0 Å². The van der Waals surface area contributed by atoms with Gasteiger partial charge in [0, 0.05) is 12.8 Å². The normalized spacial score (nSPS) is 16.8. The van der Waals surface area contributed by atoms with Crippen molar-refractivity contribution >= 4 is 21.7 Å². The number of benzene rings is 1. The largest absolute Gasteiger partial charge is 0.488 e. The second kappa shape index (κ2) is 3.50. The molecule has 1 fully saturated rings. The van der Waals surface area contributed by atoms with Crippen LogP contribution >= 0.6 is 15.9 Å². The first kappa shape index (κ1) is 8.75. The van der Waals surface area contributed by atoms with E-state index in [2.05, 4.69) is 15.9 Å². The van der Waals surface area contributed by atoms with Gasteiger partial charge in [-0.05, 0) is 28.1 Å². The molecule has 1 aliphatic carbocycles. The summed E-state index contributed by atoms with van der Waals surface area (Å²) in [6, 6.07) is 7.67. The average Bonchev–Trinajstić information content (AvgIpc) is 2.06. The Bertz CT molecular complexity index is 327. The van der Waals surface area contributed by atoms with Crippen molar-refractivity contribution in [3.05, 3.63) is 28.7 Å². The van der Waals surface area contributed by atoms with Crippen LogP contribution in [0.2, 0.25) is 0 Å². The van der Waals surface area contributed by atoms with Crippen molar-refractivity contribution < 1.29 is 9.53 Å². The molecule has 2 nitrogen and oxygen atoms in total. The fourth-order valence-electron chi connectivity index (χ4n) is 1.25. The van der Waals surface area contributed by atoms with Gasteiger partial charge in [0.25, 0.3) is 0 Å². The molecule has 3 heteroatoms. The first-order valence-electron chi connectivity index (χ1n) is 4.18. The quantitative estimate of drug-likeness (QED) is 0.795. The van der Waals surface area contributed by atoms with Crippen molar-refractivity contribution in [3.8, 4) is 5.75 Å². The van der Waals surface area contributed by atoms with Gasteiger partial charge in [-0.1, -0.05) is 12.1 Å². The summed E-state index contributed by atoms with van der Waals surface area (Å²) in [6.45, 7) is 0. The molecule has 1 aliphatic rings. The molecule has 68 valence electrons. The summed E-state index contributed by atoms with van der Waals surface area (Å²) in [7, 11) is 0. The molecule has 2 rings (SSSR count). The van der Waals surface area contributed by atoms with Crippen molar-refractivity contribution in [3.63, 3.8) is 0 Å². The highest BCUT2D eigenvalue weighted by Crippen LogP contribution is 2.28. The van der Waals surface area contributed by atoms with E-state index in [0.29, 0.717) is 12.8 Å². The Kier molecular flexibility index (Phi) is 2.36. The zero-order chi connectivity index (χ0) is 9.26. The third-order valence-electron chi connectivity index (χ3n) is 2.04. The van der Waals surface area contributed by atoms with E-state index in [1.807, 2.05) is 24.3 Å². The summed E-state index contributed by atoms with van der Waals surface area (Å²) in [5, 5.41) is 0. The third-order valence-corrected chi connectivity index (χ3v) is 2.70. The first-order valence-corrected chi connectivity index (χ1v) is 4.98. The number of ketones is 1. The molecule has 0 heterocycles. The number of Topliss-reactive ketones (excluding diaryl/α,β-unsaturated/α-hetero) is 1. The average molecular weight is 241 g/mol. The molecule has 0 radical (unpaired) electrons. The van der Waals surface area contributed by atoms with Gasteiger partial charge in [-0.2, -0.15) is 0 Å². The van der Waals surface area contributed by atoms with Crippen LogP contribution < -0.4 is 4.74 Å². The second-order valence-corrected chi connectivity index (χ2v) is 3.97. The fraction of sp³-hybridized carbons (Fsp3) is 0.300. The third kappa shape index (κ3) is 1.91. The van der Waals surface area contributed by atoms with Crippen molar-refractivity contribution in [2.75, 3.05) is 0 Å². The van der Waals surface area contributed by atoms with Gasteiger partial charge in [-0.3, -0.25) is 4.79 Å². The summed E-state index contributed by atoms with van der Waals surface area (Å²) >= 11 is 3.38. The van der Waals surface area contributed by atoms with Gasteiger partial charge in [0.1, 0.15) is 17.6 Å². The Hall–Kier alpha value is -0.830. The molecule has 0 bridgehead atoms. The van der Waals surface area contributed by atoms with Crippen LogP contribution in [0.25, 0.3) is 0 Å². The maximum atomic E-state index is 10.7. The lowest BCUT2D eigenvalue weighted by Gasteiger charge is -2.25. The molecule has 0 unspecified atom stereocenters. The van der Waals surface area contributed by atoms with Gasteiger partial charge in [0.15, 0.2) is 0 Å². The monoisotopic (exact) mass is 240 g/mol. The molecule has 0 aromatic heterocycles. The van der Waals surface area contributed by atoms with Gasteiger partial charge in [0.2, 0.25) is 0 Å². The van der Waals surface area contributed by atoms with E-state index in [1.165, 1.54) is 0 Å². The van der Waals surface area contributed by atoms with Crippen LogP contribution in [-0.2, 0) is 4.79 Å². The molecule has 13 heavy (non-hydrogen) atoms. The lowest BCUT2D eigenvalue weighted by Crippen LogP contribution is -2.33. The number of hydrogen-bond donors (Lipinski definition) is 0. The minimum absolute atomic E-state index is 0.0891. The van der Waals surface area contributed by atoms with E-state index >= 15 is 0 Å². The van der Waals surface area contributed by atoms with Crippen molar-refractivity contribution in [2.45, 2.75) is 18.9 Å². The highest BCUT2D eigenvalue weighted by Gasteiger charge is 2.28. The first-order chi connectivity index (χ1) is 6.25. The zero-order valence-electron chi connectivity index (χ0n) is 7.00. The fourth-order valence-corrected chi connectivity index (χ4v) is 1.63. The lowest BCUT2D eigenvalue weighted by atomic mass is 9.94. The molecule has 0 atom stereocenters. The summed E-state index contributed by atoms with van der Waals surface area (Å²) in [5.41, 5.74) is 0. The molecular weight excluding hydrogens is 232 g/mol. The van der Waals surface area contributed by atoms with Crippen LogP contribution in [0.3, 0.4) is 0 Å². The van der Waals surface area contributed by atoms with Crippen LogP contribution in [0.4, 0.5) is 0 Å². The molecule has 0 saturated heterocycles. The molecule has 0 N–H and O–H groups in total. The lowest BCUT2D eigenvalue weighted by molar-refractivity contribution is -0.129. The van der Waals surface area contributed by atoms with Gasteiger partial charge in [0.05, 0.1) is 4.47 Å². The summed E-state index contributed by atoms with van der Waals surface area (Å²) in [4.78, 5) is 10.7. The van der Waals surface area contributed by atoms with E-state index in [0.717, 1.165) is 10.2 Å². The Balaban J connectivity index is 2.02. The smallest absolute Gasteiger partial charge is 0.140 e. The summed E-state index contributed by atoms with van der Waals surface area (Å²) in [5.74, 6) is 1.11. The standard InChI is InChI=1S/C10H9BrO2/c11-9-3-1-2-4-10(9)13-8-5-7(12)6-8/h1-4,8H,5-6H2. The number of para-hydroxylation sites is 1. The van der Waals surface area contributed by atoms with E-state index in [-0.39, 0.29) is 11.9 Å². The molecule has 0 amide bonds. The van der Waals surface area contributed by atoms with Gasteiger partial charge >= 0.3 is 0 Å². The molecular formula is C10H9BrO2. The van der Waals surface area contributed by atoms with Crippen LogP contribution in [0.5, 0.6) is 5.75 Å². The highest BCUT2D eigenvalue weighted by molar-refractivity contribution is 9.10. The highest BCUT2D eigenvalue weighted by atomic mass is 79.9. The molecule has 1 saturated carbocycles. The zero-order valence-corrected chi connectivity index (χ0v) is 8.58. The Morgan fingerprint density at radius 2 is 2.00 bits per heavy atom.